The summed E-state index contributed by atoms with van der Waals surface area (Å²) in [7, 11) is 1.86. The third-order valence-corrected chi connectivity index (χ3v) is 5.24. The maximum absolute atomic E-state index is 5.49. The molecule has 0 atom stereocenters. The monoisotopic (exact) mass is 306 g/mol. The third kappa shape index (κ3) is 5.13. The predicted octanol–water partition coefficient (Wildman–Crippen LogP) is 3.87. The summed E-state index contributed by atoms with van der Waals surface area (Å²) in [6.07, 6.45) is 15.9. The molecule has 2 fully saturated rings. The molecule has 0 amide bonds. The van der Waals surface area contributed by atoms with Crippen molar-refractivity contribution in [2.75, 3.05) is 20.2 Å². The molecule has 0 bridgehead atoms. The van der Waals surface area contributed by atoms with Gasteiger partial charge >= 0.3 is 0 Å². The molecule has 0 spiro atoms. The van der Waals surface area contributed by atoms with Crippen LogP contribution in [0.3, 0.4) is 0 Å². The summed E-state index contributed by atoms with van der Waals surface area (Å²) in [4.78, 5) is 2.72. The highest BCUT2D eigenvalue weighted by Crippen LogP contribution is 2.27. The van der Waals surface area contributed by atoms with E-state index in [2.05, 4.69) is 42.3 Å². The number of methoxy groups -OCH3 is 1. The lowest BCUT2D eigenvalue weighted by atomic mass is 9.90. The summed E-state index contributed by atoms with van der Waals surface area (Å²) >= 11 is 0. The number of hydrogen-bond donors (Lipinski definition) is 1. The third-order valence-electron chi connectivity index (χ3n) is 5.24. The fourth-order valence-electron chi connectivity index (χ4n) is 3.76. The number of rotatable bonds is 6. The van der Waals surface area contributed by atoms with Crippen LogP contribution in [0.1, 0.15) is 58.8 Å². The molecule has 22 heavy (non-hydrogen) atoms. The maximum atomic E-state index is 5.49. The molecule has 0 radical (unpaired) electrons. The largest absolute Gasteiger partial charge is 0.382 e. The van der Waals surface area contributed by atoms with E-state index < -0.39 is 0 Å². The van der Waals surface area contributed by atoms with Crippen LogP contribution in [0.25, 0.3) is 0 Å². The van der Waals surface area contributed by atoms with Gasteiger partial charge in [0.15, 0.2) is 0 Å². The summed E-state index contributed by atoms with van der Waals surface area (Å²) < 4.78 is 5.49. The van der Waals surface area contributed by atoms with Crippen LogP contribution in [0.4, 0.5) is 0 Å². The van der Waals surface area contributed by atoms with Gasteiger partial charge < -0.3 is 15.0 Å². The zero-order valence-electron chi connectivity index (χ0n) is 14.7. The molecule has 2 aliphatic rings. The second-order valence-electron chi connectivity index (χ2n) is 6.68. The van der Waals surface area contributed by atoms with E-state index in [0.29, 0.717) is 12.1 Å². The molecule has 1 saturated carbocycles. The van der Waals surface area contributed by atoms with Crippen molar-refractivity contribution in [2.45, 2.75) is 77.0 Å². The van der Waals surface area contributed by atoms with Gasteiger partial charge in [-0.05, 0) is 57.9 Å². The summed E-state index contributed by atoms with van der Waals surface area (Å²) in [5.41, 5.74) is 1.28. The SMILES string of the molecule is C/C=C(\C=C/CC)NC1CCN(C2CCC(OC)CC2)CC1. The number of hydrogen-bond acceptors (Lipinski definition) is 3. The van der Waals surface area contributed by atoms with Crippen molar-refractivity contribution in [1.82, 2.24) is 10.2 Å². The highest BCUT2D eigenvalue weighted by Gasteiger charge is 2.28. The second-order valence-corrected chi connectivity index (χ2v) is 6.68. The molecular weight excluding hydrogens is 272 g/mol. The molecule has 1 aliphatic carbocycles. The lowest BCUT2D eigenvalue weighted by Gasteiger charge is -2.41. The van der Waals surface area contributed by atoms with Crippen LogP contribution in [0.15, 0.2) is 23.9 Å². The molecule has 126 valence electrons. The van der Waals surface area contributed by atoms with Gasteiger partial charge in [0.2, 0.25) is 0 Å². The van der Waals surface area contributed by atoms with Gasteiger partial charge in [-0.2, -0.15) is 0 Å². The van der Waals surface area contributed by atoms with Gasteiger partial charge in [0.25, 0.3) is 0 Å². The van der Waals surface area contributed by atoms with Gasteiger partial charge in [-0.1, -0.05) is 19.1 Å². The Bertz CT molecular complexity index is 362. The predicted molar refractivity (Wildman–Crippen MR) is 94.0 cm³/mol. The quantitative estimate of drug-likeness (QED) is 0.754. The van der Waals surface area contributed by atoms with Crippen molar-refractivity contribution >= 4 is 0 Å². The van der Waals surface area contributed by atoms with Crippen molar-refractivity contribution in [2.24, 2.45) is 0 Å². The molecule has 0 aromatic carbocycles. The number of nitrogens with zero attached hydrogens (tertiary/aromatic N) is 1. The van der Waals surface area contributed by atoms with E-state index in [9.17, 15) is 0 Å². The van der Waals surface area contributed by atoms with Crippen molar-refractivity contribution in [3.63, 3.8) is 0 Å². The number of ether oxygens (including phenoxy) is 1. The number of allylic oxidation sites excluding steroid dienone is 3. The molecule has 1 aliphatic heterocycles. The van der Waals surface area contributed by atoms with Crippen LogP contribution < -0.4 is 5.32 Å². The Morgan fingerprint density at radius 3 is 2.36 bits per heavy atom. The van der Waals surface area contributed by atoms with Gasteiger partial charge in [0.1, 0.15) is 0 Å². The first-order valence-electron chi connectivity index (χ1n) is 9.13. The summed E-state index contributed by atoms with van der Waals surface area (Å²) in [6.45, 7) is 6.79. The van der Waals surface area contributed by atoms with Crippen molar-refractivity contribution in [1.29, 1.82) is 0 Å². The Balaban J connectivity index is 1.73. The zero-order chi connectivity index (χ0) is 15.8. The van der Waals surface area contributed by atoms with Gasteiger partial charge in [-0.25, -0.2) is 0 Å². The standard InChI is InChI=1S/C19H34N2O/c1-4-6-7-16(5-2)20-17-12-14-21(15-13-17)18-8-10-19(22-3)11-9-18/h5-7,17-20H,4,8-15H2,1-3H3/b7-6-,16-5+. The summed E-state index contributed by atoms with van der Waals surface area (Å²) in [5, 5.41) is 3.71. The molecule has 1 saturated heterocycles. The number of likely N-dealkylation sites (tertiary alicyclic amines) is 1. The summed E-state index contributed by atoms with van der Waals surface area (Å²) in [6, 6.07) is 1.44. The zero-order valence-corrected chi connectivity index (χ0v) is 14.7. The fourth-order valence-corrected chi connectivity index (χ4v) is 3.76. The Kier molecular flexibility index (Phi) is 7.47. The van der Waals surface area contributed by atoms with Crippen LogP contribution >= 0.6 is 0 Å². The summed E-state index contributed by atoms with van der Waals surface area (Å²) in [5.74, 6) is 0. The highest BCUT2D eigenvalue weighted by atomic mass is 16.5. The van der Waals surface area contributed by atoms with Crippen molar-refractivity contribution in [3.8, 4) is 0 Å². The van der Waals surface area contributed by atoms with Crippen LogP contribution in [-0.4, -0.2) is 43.3 Å². The Morgan fingerprint density at radius 2 is 1.82 bits per heavy atom. The van der Waals surface area contributed by atoms with E-state index >= 15 is 0 Å². The fraction of sp³-hybridized carbons (Fsp3) is 0.789. The van der Waals surface area contributed by atoms with Crippen LogP contribution in [-0.2, 0) is 4.74 Å². The van der Waals surface area contributed by atoms with Gasteiger partial charge in [-0.15, -0.1) is 0 Å². The lowest BCUT2D eigenvalue weighted by molar-refractivity contribution is 0.0314. The average Bonchev–Trinajstić information content (AvgIpc) is 2.59. The molecule has 3 heteroatoms. The van der Waals surface area contributed by atoms with E-state index in [4.69, 9.17) is 4.74 Å². The van der Waals surface area contributed by atoms with E-state index in [-0.39, 0.29) is 0 Å². The van der Waals surface area contributed by atoms with Crippen LogP contribution in [0.5, 0.6) is 0 Å². The van der Waals surface area contributed by atoms with E-state index in [1.807, 2.05) is 7.11 Å². The topological polar surface area (TPSA) is 24.5 Å². The average molecular weight is 306 g/mol. The van der Waals surface area contributed by atoms with E-state index in [0.717, 1.165) is 12.5 Å². The molecule has 0 aromatic rings. The first-order chi connectivity index (χ1) is 10.8. The first kappa shape index (κ1) is 17.6. The van der Waals surface area contributed by atoms with Crippen LogP contribution in [0.2, 0.25) is 0 Å². The first-order valence-corrected chi connectivity index (χ1v) is 9.13. The van der Waals surface area contributed by atoms with Gasteiger partial charge in [0.05, 0.1) is 6.10 Å². The van der Waals surface area contributed by atoms with Crippen LogP contribution in [0, 0.1) is 0 Å². The second kappa shape index (κ2) is 9.36. The van der Waals surface area contributed by atoms with E-state index in [1.165, 1.54) is 57.3 Å². The molecule has 1 N–H and O–H groups in total. The highest BCUT2D eigenvalue weighted by molar-refractivity contribution is 5.16. The van der Waals surface area contributed by atoms with Gasteiger partial charge in [0, 0.05) is 38.0 Å². The minimum absolute atomic E-state index is 0.512. The minimum Gasteiger partial charge on any atom is -0.382 e. The normalized spacial score (nSPS) is 29.1. The van der Waals surface area contributed by atoms with Gasteiger partial charge in [-0.3, -0.25) is 0 Å². The molecule has 0 aromatic heterocycles. The Hall–Kier alpha value is -0.800. The molecule has 1 heterocycles. The number of piperidine rings is 1. The molecule has 0 unspecified atom stereocenters. The smallest absolute Gasteiger partial charge is 0.0572 e. The molecule has 2 rings (SSSR count). The Labute approximate surface area is 136 Å². The molecule has 3 nitrogen and oxygen atoms in total. The maximum Gasteiger partial charge on any atom is 0.0572 e. The minimum atomic E-state index is 0.512. The van der Waals surface area contributed by atoms with Crippen molar-refractivity contribution in [3.05, 3.63) is 23.9 Å². The Morgan fingerprint density at radius 1 is 1.14 bits per heavy atom. The van der Waals surface area contributed by atoms with Crippen molar-refractivity contribution < 1.29 is 4.74 Å². The lowest BCUT2D eigenvalue weighted by Crippen LogP contribution is -2.47. The number of nitrogens with one attached hydrogen (secondary N) is 1. The molecular formula is C19H34N2O. The van der Waals surface area contributed by atoms with E-state index in [1.54, 1.807) is 0 Å².